The Morgan fingerprint density at radius 2 is 1.75 bits per heavy atom. The number of aromatic carboxylic acids is 1. The van der Waals surface area contributed by atoms with Gasteiger partial charge in [-0.3, -0.25) is 0 Å². The minimum absolute atomic E-state index is 0.266. The van der Waals surface area contributed by atoms with Crippen molar-refractivity contribution in [1.29, 1.82) is 0 Å². The van der Waals surface area contributed by atoms with Gasteiger partial charge in [-0.15, -0.1) is 0 Å². The van der Waals surface area contributed by atoms with Crippen LogP contribution in [0.3, 0.4) is 0 Å². The normalized spacial score (nSPS) is 9.45. The van der Waals surface area contributed by atoms with Gasteiger partial charge in [-0.1, -0.05) is 23.4 Å². The Bertz CT molecular complexity index is 652. The van der Waals surface area contributed by atoms with Crippen LogP contribution in [0.25, 0.3) is 0 Å². The van der Waals surface area contributed by atoms with E-state index in [9.17, 15) is 4.79 Å². The van der Waals surface area contributed by atoms with Gasteiger partial charge in [0, 0.05) is 16.3 Å². The SMILES string of the molecule is O=C(O)c1ccc(NCC#Cc2ccc(Cl)cc2)cc1. The van der Waals surface area contributed by atoms with Crippen molar-refractivity contribution in [3.63, 3.8) is 0 Å². The molecule has 100 valence electrons. The smallest absolute Gasteiger partial charge is 0.335 e. The summed E-state index contributed by atoms with van der Waals surface area (Å²) < 4.78 is 0. The molecule has 3 nitrogen and oxygen atoms in total. The molecule has 20 heavy (non-hydrogen) atoms. The number of carbonyl (C=O) groups is 1. The van der Waals surface area contributed by atoms with Gasteiger partial charge in [0.05, 0.1) is 12.1 Å². The van der Waals surface area contributed by atoms with E-state index < -0.39 is 5.97 Å². The van der Waals surface area contributed by atoms with Gasteiger partial charge < -0.3 is 10.4 Å². The van der Waals surface area contributed by atoms with Gasteiger partial charge in [-0.05, 0) is 48.5 Å². The monoisotopic (exact) mass is 285 g/mol. The molecule has 4 heteroatoms. The van der Waals surface area contributed by atoms with E-state index in [2.05, 4.69) is 17.2 Å². The number of benzene rings is 2. The van der Waals surface area contributed by atoms with E-state index in [1.54, 1.807) is 36.4 Å². The molecule has 0 saturated heterocycles. The number of carboxylic acids is 1. The Morgan fingerprint density at radius 1 is 1.10 bits per heavy atom. The molecule has 0 unspecified atom stereocenters. The van der Waals surface area contributed by atoms with E-state index in [1.807, 2.05) is 12.1 Å². The summed E-state index contributed by atoms with van der Waals surface area (Å²) in [5.74, 6) is 5.06. The summed E-state index contributed by atoms with van der Waals surface area (Å²) >= 11 is 5.79. The highest BCUT2D eigenvalue weighted by molar-refractivity contribution is 6.30. The second-order valence-electron chi connectivity index (χ2n) is 4.04. The van der Waals surface area contributed by atoms with Gasteiger partial charge in [-0.2, -0.15) is 0 Å². The van der Waals surface area contributed by atoms with Gasteiger partial charge in [-0.25, -0.2) is 4.79 Å². The van der Waals surface area contributed by atoms with Crippen LogP contribution in [0.15, 0.2) is 48.5 Å². The largest absolute Gasteiger partial charge is 0.478 e. The maximum atomic E-state index is 10.7. The van der Waals surface area contributed by atoms with Crippen LogP contribution in [0, 0.1) is 11.8 Å². The molecular formula is C16H12ClNO2. The molecule has 0 bridgehead atoms. The van der Waals surface area contributed by atoms with E-state index >= 15 is 0 Å². The number of halogens is 1. The summed E-state index contributed by atoms with van der Waals surface area (Å²) in [7, 11) is 0. The van der Waals surface area contributed by atoms with Crippen LogP contribution in [-0.4, -0.2) is 17.6 Å². The van der Waals surface area contributed by atoms with E-state index in [0.29, 0.717) is 11.6 Å². The lowest BCUT2D eigenvalue weighted by molar-refractivity contribution is 0.0697. The zero-order valence-electron chi connectivity index (χ0n) is 10.6. The molecule has 0 aliphatic rings. The van der Waals surface area contributed by atoms with Crippen molar-refractivity contribution < 1.29 is 9.90 Å². The van der Waals surface area contributed by atoms with Crippen LogP contribution in [0.5, 0.6) is 0 Å². The molecule has 0 amide bonds. The van der Waals surface area contributed by atoms with Gasteiger partial charge in [0.2, 0.25) is 0 Å². The molecule has 0 aromatic heterocycles. The quantitative estimate of drug-likeness (QED) is 0.849. The lowest BCUT2D eigenvalue weighted by Gasteiger charge is -2.02. The summed E-state index contributed by atoms with van der Waals surface area (Å²) in [6.07, 6.45) is 0. The zero-order chi connectivity index (χ0) is 14.4. The predicted molar refractivity (Wildman–Crippen MR) is 80.2 cm³/mol. The number of hydrogen-bond acceptors (Lipinski definition) is 2. The number of anilines is 1. The lowest BCUT2D eigenvalue weighted by atomic mass is 10.2. The Labute approximate surface area is 122 Å². The van der Waals surface area contributed by atoms with Gasteiger partial charge in [0.25, 0.3) is 0 Å². The molecule has 0 atom stereocenters. The third kappa shape index (κ3) is 4.04. The maximum Gasteiger partial charge on any atom is 0.335 e. The molecule has 0 fully saturated rings. The molecule has 0 aliphatic carbocycles. The Hall–Kier alpha value is -2.44. The van der Waals surface area contributed by atoms with Gasteiger partial charge in [0.1, 0.15) is 0 Å². The average molecular weight is 286 g/mol. The predicted octanol–water partition coefficient (Wildman–Crippen LogP) is 3.50. The molecule has 0 heterocycles. The fourth-order valence-electron chi connectivity index (χ4n) is 1.56. The van der Waals surface area contributed by atoms with Crippen LogP contribution in [0.2, 0.25) is 5.02 Å². The highest BCUT2D eigenvalue weighted by atomic mass is 35.5. The average Bonchev–Trinajstić information content (AvgIpc) is 2.46. The zero-order valence-corrected chi connectivity index (χ0v) is 11.3. The van der Waals surface area contributed by atoms with Crippen LogP contribution < -0.4 is 5.32 Å². The van der Waals surface area contributed by atoms with Crippen molar-refractivity contribution in [2.45, 2.75) is 0 Å². The van der Waals surface area contributed by atoms with Crippen molar-refractivity contribution in [3.05, 3.63) is 64.7 Å². The third-order valence-corrected chi connectivity index (χ3v) is 2.84. The van der Waals surface area contributed by atoms with Gasteiger partial charge >= 0.3 is 5.97 Å². The van der Waals surface area contributed by atoms with Crippen molar-refractivity contribution in [2.24, 2.45) is 0 Å². The summed E-state index contributed by atoms with van der Waals surface area (Å²) in [5.41, 5.74) is 2.00. The Balaban J connectivity index is 1.90. The molecule has 0 radical (unpaired) electrons. The summed E-state index contributed by atoms with van der Waals surface area (Å²) in [6, 6.07) is 13.8. The molecule has 2 rings (SSSR count). The molecule has 2 aromatic rings. The van der Waals surface area contributed by atoms with Crippen molar-refractivity contribution >= 4 is 23.3 Å². The standard InChI is InChI=1S/C16H12ClNO2/c17-14-7-3-12(4-8-14)2-1-11-18-15-9-5-13(6-10-15)16(19)20/h3-10,18H,11H2,(H,19,20). The fraction of sp³-hybridized carbons (Fsp3) is 0.0625. The van der Waals surface area contributed by atoms with Gasteiger partial charge in [0.15, 0.2) is 0 Å². The Kier molecular flexibility index (Phi) is 4.65. The summed E-state index contributed by atoms with van der Waals surface area (Å²) in [6.45, 7) is 0.481. The number of hydrogen-bond donors (Lipinski definition) is 2. The van der Waals surface area contributed by atoms with Crippen molar-refractivity contribution in [2.75, 3.05) is 11.9 Å². The lowest BCUT2D eigenvalue weighted by Crippen LogP contribution is -2.00. The number of rotatable bonds is 3. The van der Waals surface area contributed by atoms with Crippen LogP contribution in [0.4, 0.5) is 5.69 Å². The highest BCUT2D eigenvalue weighted by Crippen LogP contribution is 2.09. The molecule has 0 aliphatic heterocycles. The van der Waals surface area contributed by atoms with E-state index in [0.717, 1.165) is 11.3 Å². The highest BCUT2D eigenvalue weighted by Gasteiger charge is 2.00. The fourth-order valence-corrected chi connectivity index (χ4v) is 1.68. The second kappa shape index (κ2) is 6.65. The first kappa shape index (κ1) is 14.0. The van der Waals surface area contributed by atoms with Crippen LogP contribution in [0.1, 0.15) is 15.9 Å². The molecule has 2 aromatic carbocycles. The number of nitrogens with one attached hydrogen (secondary N) is 1. The Morgan fingerprint density at radius 3 is 2.35 bits per heavy atom. The minimum atomic E-state index is -0.931. The van der Waals surface area contributed by atoms with Crippen molar-refractivity contribution in [1.82, 2.24) is 0 Å². The third-order valence-electron chi connectivity index (χ3n) is 2.59. The maximum absolute atomic E-state index is 10.7. The van der Waals surface area contributed by atoms with Crippen molar-refractivity contribution in [3.8, 4) is 11.8 Å². The molecular weight excluding hydrogens is 274 g/mol. The summed E-state index contributed by atoms with van der Waals surface area (Å²) in [5, 5.41) is 12.6. The topological polar surface area (TPSA) is 49.3 Å². The molecule has 2 N–H and O–H groups in total. The van der Waals surface area contributed by atoms with E-state index in [4.69, 9.17) is 16.7 Å². The van der Waals surface area contributed by atoms with E-state index in [-0.39, 0.29) is 5.56 Å². The first-order valence-electron chi connectivity index (χ1n) is 5.97. The number of carboxylic acid groups (broad SMARTS) is 1. The minimum Gasteiger partial charge on any atom is -0.478 e. The van der Waals surface area contributed by atoms with Crippen LogP contribution >= 0.6 is 11.6 Å². The van der Waals surface area contributed by atoms with Crippen LogP contribution in [-0.2, 0) is 0 Å². The second-order valence-corrected chi connectivity index (χ2v) is 4.48. The molecule has 0 saturated carbocycles. The summed E-state index contributed by atoms with van der Waals surface area (Å²) in [4.78, 5) is 10.7. The van der Waals surface area contributed by atoms with E-state index in [1.165, 1.54) is 0 Å². The first-order chi connectivity index (χ1) is 9.65. The molecule has 0 spiro atoms. The first-order valence-corrected chi connectivity index (χ1v) is 6.34.